The molecule has 2 aromatic rings. The SMILES string of the molecule is CC(C)Nc1ccc(-c2ccccc2C(=O)O)nn1. The van der Waals surface area contributed by atoms with Gasteiger partial charge in [-0.25, -0.2) is 4.79 Å². The second-order valence-corrected chi connectivity index (χ2v) is 4.45. The van der Waals surface area contributed by atoms with E-state index in [1.165, 1.54) is 0 Å². The highest BCUT2D eigenvalue weighted by Crippen LogP contribution is 2.21. The molecule has 0 atom stereocenters. The second kappa shape index (κ2) is 5.48. The number of hydrogen-bond acceptors (Lipinski definition) is 4. The minimum Gasteiger partial charge on any atom is -0.478 e. The van der Waals surface area contributed by atoms with Gasteiger partial charge in [0.1, 0.15) is 5.82 Å². The molecule has 0 aliphatic rings. The number of aromatic nitrogens is 2. The first-order valence-corrected chi connectivity index (χ1v) is 6.01. The van der Waals surface area contributed by atoms with Gasteiger partial charge in [0.2, 0.25) is 0 Å². The predicted octanol–water partition coefficient (Wildman–Crippen LogP) is 2.66. The van der Waals surface area contributed by atoms with Crippen LogP contribution in [-0.4, -0.2) is 27.3 Å². The zero-order chi connectivity index (χ0) is 13.8. The summed E-state index contributed by atoms with van der Waals surface area (Å²) in [6.07, 6.45) is 0. The number of nitrogens with zero attached hydrogens (tertiary/aromatic N) is 2. The van der Waals surface area contributed by atoms with Crippen molar-refractivity contribution < 1.29 is 9.90 Å². The third-order valence-corrected chi connectivity index (χ3v) is 2.53. The molecule has 0 saturated carbocycles. The third kappa shape index (κ3) is 3.07. The van der Waals surface area contributed by atoms with E-state index in [1.54, 1.807) is 36.4 Å². The maximum atomic E-state index is 11.1. The van der Waals surface area contributed by atoms with Crippen molar-refractivity contribution in [3.8, 4) is 11.3 Å². The molecule has 0 amide bonds. The second-order valence-electron chi connectivity index (χ2n) is 4.45. The number of carbonyl (C=O) groups is 1. The fourth-order valence-electron chi connectivity index (χ4n) is 1.74. The number of carboxylic acids is 1. The Bertz CT molecular complexity index is 579. The maximum Gasteiger partial charge on any atom is 0.336 e. The molecular weight excluding hydrogens is 242 g/mol. The molecule has 0 radical (unpaired) electrons. The summed E-state index contributed by atoms with van der Waals surface area (Å²) >= 11 is 0. The van der Waals surface area contributed by atoms with Gasteiger partial charge < -0.3 is 10.4 Å². The Kier molecular flexibility index (Phi) is 3.75. The summed E-state index contributed by atoms with van der Waals surface area (Å²) in [5.41, 5.74) is 1.34. The van der Waals surface area contributed by atoms with Crippen LogP contribution in [0.25, 0.3) is 11.3 Å². The summed E-state index contributed by atoms with van der Waals surface area (Å²) in [4.78, 5) is 11.1. The first kappa shape index (κ1) is 13.0. The Morgan fingerprint density at radius 2 is 1.89 bits per heavy atom. The van der Waals surface area contributed by atoms with Crippen LogP contribution in [0.15, 0.2) is 36.4 Å². The van der Waals surface area contributed by atoms with Crippen molar-refractivity contribution in [1.82, 2.24) is 10.2 Å². The summed E-state index contributed by atoms with van der Waals surface area (Å²) in [7, 11) is 0. The number of hydrogen-bond donors (Lipinski definition) is 2. The van der Waals surface area contributed by atoms with Gasteiger partial charge in [0.25, 0.3) is 0 Å². The lowest BCUT2D eigenvalue weighted by Crippen LogP contribution is -2.11. The van der Waals surface area contributed by atoms with Crippen molar-refractivity contribution >= 4 is 11.8 Å². The fraction of sp³-hybridized carbons (Fsp3) is 0.214. The van der Waals surface area contributed by atoms with Crippen molar-refractivity contribution in [3.63, 3.8) is 0 Å². The van der Waals surface area contributed by atoms with E-state index in [1.807, 2.05) is 13.8 Å². The Hall–Kier alpha value is -2.43. The highest BCUT2D eigenvalue weighted by molar-refractivity contribution is 5.95. The molecule has 0 aliphatic carbocycles. The van der Waals surface area contributed by atoms with Crippen LogP contribution in [0.2, 0.25) is 0 Å². The van der Waals surface area contributed by atoms with Crippen LogP contribution in [0.5, 0.6) is 0 Å². The molecule has 98 valence electrons. The smallest absolute Gasteiger partial charge is 0.336 e. The number of nitrogens with one attached hydrogen (secondary N) is 1. The lowest BCUT2D eigenvalue weighted by atomic mass is 10.0. The van der Waals surface area contributed by atoms with Crippen molar-refractivity contribution in [1.29, 1.82) is 0 Å². The number of rotatable bonds is 4. The molecule has 5 heteroatoms. The van der Waals surface area contributed by atoms with Gasteiger partial charge in [-0.2, -0.15) is 0 Å². The van der Waals surface area contributed by atoms with E-state index in [9.17, 15) is 4.79 Å². The Labute approximate surface area is 111 Å². The Morgan fingerprint density at radius 3 is 2.47 bits per heavy atom. The molecule has 0 aliphatic heterocycles. The van der Waals surface area contributed by atoms with E-state index in [2.05, 4.69) is 15.5 Å². The van der Waals surface area contributed by atoms with Crippen molar-refractivity contribution in [3.05, 3.63) is 42.0 Å². The molecule has 0 spiro atoms. The molecule has 1 heterocycles. The predicted molar refractivity (Wildman–Crippen MR) is 73.2 cm³/mol. The summed E-state index contributed by atoms with van der Waals surface area (Å²) in [6, 6.07) is 10.6. The van der Waals surface area contributed by atoms with Gasteiger partial charge in [0.05, 0.1) is 11.3 Å². The molecule has 0 fully saturated rings. The lowest BCUT2D eigenvalue weighted by molar-refractivity contribution is 0.0697. The van der Waals surface area contributed by atoms with Crippen LogP contribution in [0.3, 0.4) is 0 Å². The first-order valence-electron chi connectivity index (χ1n) is 6.01. The molecule has 0 bridgehead atoms. The van der Waals surface area contributed by atoms with Crippen LogP contribution in [0.1, 0.15) is 24.2 Å². The molecule has 1 aromatic carbocycles. The van der Waals surface area contributed by atoms with E-state index in [0.717, 1.165) is 0 Å². The zero-order valence-electron chi connectivity index (χ0n) is 10.8. The van der Waals surface area contributed by atoms with Crippen LogP contribution >= 0.6 is 0 Å². The van der Waals surface area contributed by atoms with E-state index < -0.39 is 5.97 Å². The largest absolute Gasteiger partial charge is 0.478 e. The topological polar surface area (TPSA) is 75.1 Å². The molecule has 2 rings (SSSR count). The normalized spacial score (nSPS) is 10.5. The summed E-state index contributed by atoms with van der Waals surface area (Å²) in [5.74, 6) is -0.298. The van der Waals surface area contributed by atoms with Crippen LogP contribution in [-0.2, 0) is 0 Å². The summed E-state index contributed by atoms with van der Waals surface area (Å²) in [6.45, 7) is 4.02. The van der Waals surface area contributed by atoms with Crippen molar-refractivity contribution in [2.45, 2.75) is 19.9 Å². The van der Waals surface area contributed by atoms with Gasteiger partial charge in [-0.15, -0.1) is 10.2 Å². The van der Waals surface area contributed by atoms with Gasteiger partial charge in [-0.3, -0.25) is 0 Å². The summed E-state index contributed by atoms with van der Waals surface area (Å²) in [5, 5.41) is 20.4. The fourth-order valence-corrected chi connectivity index (χ4v) is 1.74. The molecule has 0 saturated heterocycles. The van der Waals surface area contributed by atoms with Gasteiger partial charge >= 0.3 is 5.97 Å². The molecule has 0 unspecified atom stereocenters. The van der Waals surface area contributed by atoms with Crippen LogP contribution in [0.4, 0.5) is 5.82 Å². The van der Waals surface area contributed by atoms with Crippen LogP contribution in [0, 0.1) is 0 Å². The zero-order valence-corrected chi connectivity index (χ0v) is 10.8. The van der Waals surface area contributed by atoms with Gasteiger partial charge in [0, 0.05) is 11.6 Å². The number of carboxylic acid groups (broad SMARTS) is 1. The van der Waals surface area contributed by atoms with Gasteiger partial charge in [-0.05, 0) is 32.0 Å². The van der Waals surface area contributed by atoms with E-state index in [4.69, 9.17) is 5.11 Å². The Balaban J connectivity index is 2.35. The lowest BCUT2D eigenvalue weighted by Gasteiger charge is -2.09. The monoisotopic (exact) mass is 257 g/mol. The number of aromatic carboxylic acids is 1. The van der Waals surface area contributed by atoms with Crippen molar-refractivity contribution in [2.24, 2.45) is 0 Å². The molecule has 2 N–H and O–H groups in total. The van der Waals surface area contributed by atoms with E-state index in [-0.39, 0.29) is 11.6 Å². The molecule has 1 aromatic heterocycles. The highest BCUT2D eigenvalue weighted by Gasteiger charge is 2.12. The highest BCUT2D eigenvalue weighted by atomic mass is 16.4. The third-order valence-electron chi connectivity index (χ3n) is 2.53. The standard InChI is InChI=1S/C14H15N3O2/c1-9(2)15-13-8-7-12(16-17-13)10-5-3-4-6-11(10)14(18)19/h3-9H,1-2H3,(H,15,17)(H,18,19). The Morgan fingerprint density at radius 1 is 1.16 bits per heavy atom. The molecule has 19 heavy (non-hydrogen) atoms. The molecular formula is C14H15N3O2. The average Bonchev–Trinajstić information content (AvgIpc) is 2.39. The molecule has 5 nitrogen and oxygen atoms in total. The number of anilines is 1. The minimum atomic E-state index is -0.971. The van der Waals surface area contributed by atoms with Crippen LogP contribution < -0.4 is 5.32 Å². The van der Waals surface area contributed by atoms with E-state index in [0.29, 0.717) is 17.1 Å². The average molecular weight is 257 g/mol. The summed E-state index contributed by atoms with van der Waals surface area (Å²) < 4.78 is 0. The quantitative estimate of drug-likeness (QED) is 0.880. The van der Waals surface area contributed by atoms with Crippen molar-refractivity contribution in [2.75, 3.05) is 5.32 Å². The maximum absolute atomic E-state index is 11.1. The van der Waals surface area contributed by atoms with Gasteiger partial charge in [0.15, 0.2) is 0 Å². The number of benzene rings is 1. The first-order chi connectivity index (χ1) is 9.08. The van der Waals surface area contributed by atoms with Gasteiger partial charge in [-0.1, -0.05) is 18.2 Å². The van der Waals surface area contributed by atoms with E-state index >= 15 is 0 Å². The minimum absolute atomic E-state index is 0.223.